The lowest BCUT2D eigenvalue weighted by atomic mass is 10.1. The number of hydrogen-bond donors (Lipinski definition) is 1. The number of carbonyl (C=O) groups excluding carboxylic acids is 1. The summed E-state index contributed by atoms with van der Waals surface area (Å²) in [7, 11) is -0.758. The smallest absolute Gasteiger partial charge is 0.253 e. The standard InChI is InChI=1S/C21H26ClN3O3S/c1-24(2)29(27,28)18-9-10-20(22)19(13-18)21(26)23-14-16-5-7-17(8-6-16)15-25-11-3-4-12-25/h5-10,13H,3-4,11-12,14-15H2,1-2H3,(H,23,26). The van der Waals surface area contributed by atoms with Crippen molar-refractivity contribution in [2.45, 2.75) is 30.8 Å². The normalized spacial score (nSPS) is 15.0. The summed E-state index contributed by atoms with van der Waals surface area (Å²) in [6.45, 7) is 3.60. The zero-order chi connectivity index (χ0) is 21.0. The minimum Gasteiger partial charge on any atom is -0.348 e. The molecular weight excluding hydrogens is 410 g/mol. The van der Waals surface area contributed by atoms with Gasteiger partial charge in [0.05, 0.1) is 15.5 Å². The second-order valence-electron chi connectivity index (χ2n) is 7.41. The third-order valence-electron chi connectivity index (χ3n) is 5.04. The van der Waals surface area contributed by atoms with Crippen LogP contribution in [-0.4, -0.2) is 50.7 Å². The van der Waals surface area contributed by atoms with Crippen molar-refractivity contribution in [2.24, 2.45) is 0 Å². The number of halogens is 1. The van der Waals surface area contributed by atoms with E-state index in [2.05, 4.69) is 22.3 Å². The Bertz CT molecular complexity index is 969. The summed E-state index contributed by atoms with van der Waals surface area (Å²) in [4.78, 5) is 15.0. The SMILES string of the molecule is CN(C)S(=O)(=O)c1ccc(Cl)c(C(=O)NCc2ccc(CN3CCCC3)cc2)c1. The number of nitrogens with zero attached hydrogens (tertiary/aromatic N) is 2. The van der Waals surface area contributed by atoms with Crippen molar-refractivity contribution in [1.29, 1.82) is 0 Å². The fourth-order valence-electron chi connectivity index (χ4n) is 3.29. The molecule has 0 spiro atoms. The molecule has 1 aliphatic rings. The lowest BCUT2D eigenvalue weighted by Crippen LogP contribution is -2.25. The van der Waals surface area contributed by atoms with Gasteiger partial charge in [0.25, 0.3) is 5.91 Å². The number of nitrogens with one attached hydrogen (secondary N) is 1. The Morgan fingerprint density at radius 2 is 1.69 bits per heavy atom. The molecule has 29 heavy (non-hydrogen) atoms. The molecule has 0 atom stereocenters. The second kappa shape index (κ2) is 9.26. The van der Waals surface area contributed by atoms with Crippen LogP contribution in [0.4, 0.5) is 0 Å². The zero-order valence-corrected chi connectivity index (χ0v) is 18.3. The Morgan fingerprint density at radius 1 is 1.07 bits per heavy atom. The zero-order valence-electron chi connectivity index (χ0n) is 16.7. The third-order valence-corrected chi connectivity index (χ3v) is 7.18. The van der Waals surface area contributed by atoms with E-state index in [0.29, 0.717) is 6.54 Å². The molecule has 0 radical (unpaired) electrons. The van der Waals surface area contributed by atoms with Crippen molar-refractivity contribution in [2.75, 3.05) is 27.2 Å². The van der Waals surface area contributed by atoms with Crippen LogP contribution < -0.4 is 5.32 Å². The van der Waals surface area contributed by atoms with Crippen LogP contribution in [-0.2, 0) is 23.1 Å². The summed E-state index contributed by atoms with van der Waals surface area (Å²) < 4.78 is 25.7. The van der Waals surface area contributed by atoms with Crippen LogP contribution in [0.1, 0.15) is 34.3 Å². The van der Waals surface area contributed by atoms with Crippen molar-refractivity contribution in [3.8, 4) is 0 Å². The van der Waals surface area contributed by atoms with Gasteiger partial charge < -0.3 is 5.32 Å². The predicted molar refractivity (Wildman–Crippen MR) is 114 cm³/mol. The summed E-state index contributed by atoms with van der Waals surface area (Å²) in [5.41, 5.74) is 2.36. The lowest BCUT2D eigenvalue weighted by molar-refractivity contribution is 0.0951. The Labute approximate surface area is 177 Å². The summed E-state index contributed by atoms with van der Waals surface area (Å²) in [6, 6.07) is 12.3. The van der Waals surface area contributed by atoms with Crippen molar-refractivity contribution in [3.05, 3.63) is 64.2 Å². The molecule has 2 aromatic carbocycles. The van der Waals surface area contributed by atoms with E-state index in [-0.39, 0.29) is 15.5 Å². The molecule has 0 saturated carbocycles. The Kier molecular flexibility index (Phi) is 6.95. The van der Waals surface area contributed by atoms with Gasteiger partial charge in [0.1, 0.15) is 0 Å². The van der Waals surface area contributed by atoms with Crippen LogP contribution in [0.2, 0.25) is 5.02 Å². The average molecular weight is 436 g/mol. The van der Waals surface area contributed by atoms with Gasteiger partial charge in [0.2, 0.25) is 10.0 Å². The Morgan fingerprint density at radius 3 is 2.31 bits per heavy atom. The average Bonchev–Trinajstić information content (AvgIpc) is 3.20. The van der Waals surface area contributed by atoms with Crippen LogP contribution in [0, 0.1) is 0 Å². The fourth-order valence-corrected chi connectivity index (χ4v) is 4.42. The highest BCUT2D eigenvalue weighted by Gasteiger charge is 2.20. The Balaban J connectivity index is 1.64. The van der Waals surface area contributed by atoms with Gasteiger partial charge in [-0.15, -0.1) is 0 Å². The summed E-state index contributed by atoms with van der Waals surface area (Å²) >= 11 is 6.13. The van der Waals surface area contributed by atoms with Crippen LogP contribution in [0.15, 0.2) is 47.4 Å². The van der Waals surface area contributed by atoms with Crippen LogP contribution in [0.3, 0.4) is 0 Å². The monoisotopic (exact) mass is 435 g/mol. The number of rotatable bonds is 7. The molecular formula is C21H26ClN3O3S. The molecule has 0 unspecified atom stereocenters. The largest absolute Gasteiger partial charge is 0.348 e. The molecule has 1 aliphatic heterocycles. The molecule has 6 nitrogen and oxygen atoms in total. The first kappa shape index (κ1) is 21.8. The third kappa shape index (κ3) is 5.36. The molecule has 1 N–H and O–H groups in total. The first-order valence-corrected chi connectivity index (χ1v) is 11.4. The highest BCUT2D eigenvalue weighted by atomic mass is 35.5. The maximum atomic E-state index is 12.6. The van der Waals surface area contributed by atoms with E-state index in [0.717, 1.165) is 29.5 Å². The van der Waals surface area contributed by atoms with Gasteiger partial charge in [-0.1, -0.05) is 35.9 Å². The van der Waals surface area contributed by atoms with Crippen molar-refractivity contribution in [3.63, 3.8) is 0 Å². The van der Waals surface area contributed by atoms with E-state index in [1.54, 1.807) is 0 Å². The number of hydrogen-bond acceptors (Lipinski definition) is 4. The number of likely N-dealkylation sites (tertiary alicyclic amines) is 1. The molecule has 156 valence electrons. The van der Waals surface area contributed by atoms with Gasteiger partial charge in [0.15, 0.2) is 0 Å². The highest BCUT2D eigenvalue weighted by Crippen LogP contribution is 2.22. The second-order valence-corrected chi connectivity index (χ2v) is 9.97. The summed E-state index contributed by atoms with van der Waals surface area (Å²) in [6.07, 6.45) is 2.54. The number of benzene rings is 2. The van der Waals surface area contributed by atoms with Crippen LogP contribution >= 0.6 is 11.6 Å². The molecule has 3 rings (SSSR count). The lowest BCUT2D eigenvalue weighted by Gasteiger charge is -2.15. The first-order chi connectivity index (χ1) is 13.8. The van der Waals surface area contributed by atoms with Crippen molar-refractivity contribution in [1.82, 2.24) is 14.5 Å². The maximum Gasteiger partial charge on any atom is 0.253 e. The van der Waals surface area contributed by atoms with Gasteiger partial charge >= 0.3 is 0 Å². The minimum absolute atomic E-state index is 0.0308. The van der Waals surface area contributed by atoms with E-state index >= 15 is 0 Å². The summed E-state index contributed by atoms with van der Waals surface area (Å²) in [5, 5.41) is 3.02. The predicted octanol–water partition coefficient (Wildman–Crippen LogP) is 3.12. The topological polar surface area (TPSA) is 69.7 Å². The molecule has 2 aromatic rings. The molecule has 1 amide bonds. The number of sulfonamides is 1. The molecule has 1 saturated heterocycles. The van der Waals surface area contributed by atoms with Gasteiger partial charge in [-0.25, -0.2) is 12.7 Å². The minimum atomic E-state index is -3.64. The van der Waals surface area contributed by atoms with Gasteiger partial charge in [-0.05, 0) is 55.3 Å². The van der Waals surface area contributed by atoms with Crippen LogP contribution in [0.25, 0.3) is 0 Å². The molecule has 0 aliphatic carbocycles. The van der Waals surface area contributed by atoms with Gasteiger partial charge in [0, 0.05) is 27.2 Å². The van der Waals surface area contributed by atoms with E-state index in [1.165, 1.54) is 50.7 Å². The van der Waals surface area contributed by atoms with Crippen molar-refractivity contribution < 1.29 is 13.2 Å². The molecule has 0 bridgehead atoms. The van der Waals surface area contributed by atoms with Gasteiger partial charge in [-0.3, -0.25) is 9.69 Å². The Hall–Kier alpha value is -1.93. The number of amides is 1. The van der Waals surface area contributed by atoms with E-state index in [4.69, 9.17) is 11.6 Å². The van der Waals surface area contributed by atoms with E-state index < -0.39 is 15.9 Å². The fraction of sp³-hybridized carbons (Fsp3) is 0.381. The number of carbonyl (C=O) groups is 1. The molecule has 8 heteroatoms. The van der Waals surface area contributed by atoms with E-state index in [9.17, 15) is 13.2 Å². The molecule has 1 fully saturated rings. The highest BCUT2D eigenvalue weighted by molar-refractivity contribution is 7.89. The molecule has 0 aromatic heterocycles. The quantitative estimate of drug-likeness (QED) is 0.725. The van der Waals surface area contributed by atoms with E-state index in [1.807, 2.05) is 12.1 Å². The summed E-state index contributed by atoms with van der Waals surface area (Å²) in [5.74, 6) is -0.410. The van der Waals surface area contributed by atoms with Gasteiger partial charge in [-0.2, -0.15) is 0 Å². The maximum absolute atomic E-state index is 12.6. The first-order valence-electron chi connectivity index (χ1n) is 9.58. The van der Waals surface area contributed by atoms with Crippen molar-refractivity contribution >= 4 is 27.5 Å². The molecule has 1 heterocycles. The van der Waals surface area contributed by atoms with Crippen LogP contribution in [0.5, 0.6) is 0 Å².